The molecule has 32 heavy (non-hydrogen) atoms. The quantitative estimate of drug-likeness (QED) is 0.598. The van der Waals surface area contributed by atoms with E-state index in [4.69, 9.17) is 0 Å². The molecule has 1 fully saturated rings. The predicted molar refractivity (Wildman–Crippen MR) is 126 cm³/mol. The lowest BCUT2D eigenvalue weighted by Crippen LogP contribution is -2.28. The number of amides is 3. The van der Waals surface area contributed by atoms with Gasteiger partial charge in [-0.2, -0.15) is 0 Å². The van der Waals surface area contributed by atoms with Gasteiger partial charge in [0.2, 0.25) is 11.8 Å². The minimum Gasteiger partial charge on any atom is -0.354 e. The van der Waals surface area contributed by atoms with Gasteiger partial charge in [0.15, 0.2) is 0 Å². The first-order chi connectivity index (χ1) is 15.4. The van der Waals surface area contributed by atoms with Crippen LogP contribution in [0.15, 0.2) is 66.9 Å². The Morgan fingerprint density at radius 3 is 2.47 bits per heavy atom. The van der Waals surface area contributed by atoms with E-state index in [-0.39, 0.29) is 22.3 Å². The molecule has 1 atom stereocenters. The van der Waals surface area contributed by atoms with Gasteiger partial charge in [-0.05, 0) is 46.9 Å². The monoisotopic (exact) mass is 447 g/mol. The van der Waals surface area contributed by atoms with Gasteiger partial charge in [0, 0.05) is 32.5 Å². The summed E-state index contributed by atoms with van der Waals surface area (Å²) in [5, 5.41) is 1.69. The van der Waals surface area contributed by atoms with Crippen molar-refractivity contribution in [2.45, 2.75) is 24.6 Å². The van der Waals surface area contributed by atoms with Crippen molar-refractivity contribution in [2.24, 2.45) is 7.05 Å². The fraction of sp³-hybridized carbons (Fsp3) is 0.240. The van der Waals surface area contributed by atoms with Gasteiger partial charge >= 0.3 is 0 Å². The van der Waals surface area contributed by atoms with Crippen LogP contribution in [-0.4, -0.2) is 38.8 Å². The Kier molecular flexibility index (Phi) is 6.46. The van der Waals surface area contributed by atoms with Crippen molar-refractivity contribution in [3.8, 4) is 11.1 Å². The summed E-state index contributed by atoms with van der Waals surface area (Å²) < 4.78 is 1.96. The molecule has 0 aliphatic carbocycles. The van der Waals surface area contributed by atoms with Crippen LogP contribution in [0.1, 0.15) is 16.8 Å². The molecule has 4 rings (SSSR count). The summed E-state index contributed by atoms with van der Waals surface area (Å²) in [5.74, 6) is -0.142. The first-order valence-corrected chi connectivity index (χ1v) is 11.3. The maximum atomic E-state index is 12.6. The smallest absolute Gasteiger partial charge is 0.286 e. The van der Waals surface area contributed by atoms with Gasteiger partial charge in [0.1, 0.15) is 0 Å². The molecule has 2 heterocycles. The van der Waals surface area contributed by atoms with Crippen molar-refractivity contribution < 1.29 is 14.4 Å². The molecule has 0 saturated carbocycles. The van der Waals surface area contributed by atoms with Crippen LogP contribution in [0.25, 0.3) is 11.1 Å². The first-order valence-electron chi connectivity index (χ1n) is 10.4. The first kappa shape index (κ1) is 21.9. The van der Waals surface area contributed by atoms with Crippen LogP contribution in [0.2, 0.25) is 0 Å². The maximum Gasteiger partial charge on any atom is 0.286 e. The fourth-order valence-corrected chi connectivity index (χ4v) is 4.62. The Labute approximate surface area is 191 Å². The number of likely N-dealkylation sites (N-methyl/N-ethyl adjacent to an activating group) is 1. The zero-order chi connectivity index (χ0) is 22.7. The van der Waals surface area contributed by atoms with Crippen molar-refractivity contribution in [3.63, 3.8) is 0 Å². The molecule has 1 aliphatic heterocycles. The average Bonchev–Trinajstić information content (AvgIpc) is 3.32. The third-order valence-corrected chi connectivity index (χ3v) is 6.61. The molecule has 7 heteroatoms. The summed E-state index contributed by atoms with van der Waals surface area (Å²) in [7, 11) is 3.77. The average molecular weight is 448 g/mol. The minimum absolute atomic E-state index is 0.0776. The molecule has 1 aromatic heterocycles. The lowest BCUT2D eigenvalue weighted by molar-refractivity contribution is -0.129. The van der Waals surface area contributed by atoms with Crippen molar-refractivity contribution in [1.29, 1.82) is 0 Å². The number of carbonyl (C=O) groups excluding carboxylic acids is 3. The topological polar surface area (TPSA) is 71.4 Å². The van der Waals surface area contributed by atoms with Crippen LogP contribution in [0, 0.1) is 0 Å². The van der Waals surface area contributed by atoms with E-state index in [0.717, 1.165) is 39.7 Å². The van der Waals surface area contributed by atoms with Gasteiger partial charge in [-0.1, -0.05) is 54.2 Å². The summed E-state index contributed by atoms with van der Waals surface area (Å²) in [6.07, 6.45) is 2.85. The Morgan fingerprint density at radius 2 is 1.81 bits per heavy atom. The van der Waals surface area contributed by atoms with Gasteiger partial charge in [-0.15, -0.1) is 0 Å². The lowest BCUT2D eigenvalue weighted by Gasteiger charge is -2.18. The molecule has 1 aliphatic rings. The number of nitrogens with one attached hydrogen (secondary N) is 1. The molecular formula is C25H25N3O3S. The van der Waals surface area contributed by atoms with E-state index >= 15 is 0 Å². The normalized spacial score (nSPS) is 15.6. The number of hydrogen-bond donors (Lipinski definition) is 1. The predicted octanol–water partition coefficient (Wildman–Crippen LogP) is 3.79. The molecule has 0 spiro atoms. The maximum absolute atomic E-state index is 12.6. The molecule has 164 valence electrons. The number of hydrogen-bond acceptors (Lipinski definition) is 4. The Hall–Kier alpha value is -3.32. The lowest BCUT2D eigenvalue weighted by atomic mass is 10.00. The number of benzene rings is 2. The molecule has 2 aromatic carbocycles. The molecule has 3 aromatic rings. The molecular weight excluding hydrogens is 422 g/mol. The molecule has 0 radical (unpaired) electrons. The third kappa shape index (κ3) is 5.11. The van der Waals surface area contributed by atoms with Crippen molar-refractivity contribution in [3.05, 3.63) is 83.7 Å². The Bertz CT molecular complexity index is 1150. The molecule has 1 N–H and O–H groups in total. The van der Waals surface area contributed by atoms with E-state index < -0.39 is 0 Å². The van der Waals surface area contributed by atoms with E-state index in [0.29, 0.717) is 19.4 Å². The van der Waals surface area contributed by atoms with Crippen LogP contribution in [-0.2, 0) is 36.0 Å². The summed E-state index contributed by atoms with van der Waals surface area (Å²) in [6, 6.07) is 20.1. The highest BCUT2D eigenvalue weighted by atomic mass is 32.2. The van der Waals surface area contributed by atoms with Crippen LogP contribution in [0.4, 0.5) is 4.79 Å². The second-order valence-electron chi connectivity index (χ2n) is 8.02. The highest BCUT2D eigenvalue weighted by molar-refractivity contribution is 8.15. The zero-order valence-electron chi connectivity index (χ0n) is 18.1. The molecule has 6 nitrogen and oxygen atoms in total. The highest BCUT2D eigenvalue weighted by Gasteiger charge is 2.31. The second-order valence-corrected chi connectivity index (χ2v) is 9.20. The van der Waals surface area contributed by atoms with Crippen LogP contribution >= 0.6 is 11.8 Å². The SMILES string of the molecule is CN(Cc1cccc(-c2ccc(CC3SC(=O)NC3=O)cc2)c1)C(=O)Cc1cccn1C. The molecule has 1 saturated heterocycles. The summed E-state index contributed by atoms with van der Waals surface area (Å²) in [5.41, 5.74) is 5.20. The van der Waals surface area contributed by atoms with Crippen molar-refractivity contribution in [2.75, 3.05) is 7.05 Å². The van der Waals surface area contributed by atoms with Crippen molar-refractivity contribution in [1.82, 2.24) is 14.8 Å². The van der Waals surface area contributed by atoms with Gasteiger partial charge in [0.25, 0.3) is 5.24 Å². The number of aryl methyl sites for hydroxylation is 1. The number of aromatic nitrogens is 1. The molecule has 3 amide bonds. The van der Waals surface area contributed by atoms with Gasteiger partial charge < -0.3 is 9.47 Å². The van der Waals surface area contributed by atoms with E-state index in [1.165, 1.54) is 0 Å². The zero-order valence-corrected chi connectivity index (χ0v) is 18.9. The molecule has 0 bridgehead atoms. The molecule has 1 unspecified atom stereocenters. The fourth-order valence-electron chi connectivity index (χ4n) is 3.76. The number of nitrogens with zero attached hydrogens (tertiary/aromatic N) is 2. The van der Waals surface area contributed by atoms with Gasteiger partial charge in [-0.25, -0.2) is 0 Å². The summed E-state index contributed by atoms with van der Waals surface area (Å²) in [4.78, 5) is 37.5. The Morgan fingerprint density at radius 1 is 1.03 bits per heavy atom. The number of carbonyl (C=O) groups is 3. The van der Waals surface area contributed by atoms with E-state index in [9.17, 15) is 14.4 Å². The van der Waals surface area contributed by atoms with Crippen LogP contribution in [0.3, 0.4) is 0 Å². The largest absolute Gasteiger partial charge is 0.354 e. The second kappa shape index (κ2) is 9.44. The Balaban J connectivity index is 1.40. The van der Waals surface area contributed by atoms with E-state index in [1.54, 1.807) is 4.90 Å². The number of imide groups is 1. The minimum atomic E-state index is -0.361. The standard InChI is InChI=1S/C25H25N3O3S/c1-27-12-4-7-21(27)15-23(29)28(2)16-18-5-3-6-20(13-18)19-10-8-17(9-11-19)14-22-24(30)26-25(31)32-22/h3-13,22H,14-16H2,1-2H3,(H,26,30,31). The van der Waals surface area contributed by atoms with Crippen LogP contribution < -0.4 is 5.32 Å². The highest BCUT2D eigenvalue weighted by Crippen LogP contribution is 2.25. The third-order valence-electron chi connectivity index (χ3n) is 5.63. The van der Waals surface area contributed by atoms with E-state index in [1.807, 2.05) is 79.5 Å². The summed E-state index contributed by atoms with van der Waals surface area (Å²) in [6.45, 7) is 0.539. The van der Waals surface area contributed by atoms with Crippen LogP contribution in [0.5, 0.6) is 0 Å². The van der Waals surface area contributed by atoms with Gasteiger partial charge in [0.05, 0.1) is 11.7 Å². The number of rotatable bonds is 7. The summed E-state index contributed by atoms with van der Waals surface area (Å²) >= 11 is 1.05. The van der Waals surface area contributed by atoms with Gasteiger partial charge in [-0.3, -0.25) is 19.7 Å². The number of thioether (sulfide) groups is 1. The van der Waals surface area contributed by atoms with Crippen molar-refractivity contribution >= 4 is 28.8 Å². The van der Waals surface area contributed by atoms with E-state index in [2.05, 4.69) is 11.4 Å².